The van der Waals surface area contributed by atoms with E-state index < -0.39 is 5.91 Å². The summed E-state index contributed by atoms with van der Waals surface area (Å²) in [6, 6.07) is 8.29. The summed E-state index contributed by atoms with van der Waals surface area (Å²) >= 11 is 11.3. The van der Waals surface area contributed by atoms with Crippen LogP contribution in [0.3, 0.4) is 0 Å². The van der Waals surface area contributed by atoms with Gasteiger partial charge in [0.2, 0.25) is 0 Å². The molecule has 8 nitrogen and oxygen atoms in total. The predicted octanol–water partition coefficient (Wildman–Crippen LogP) is 3.04. The summed E-state index contributed by atoms with van der Waals surface area (Å²) in [6.45, 7) is 3.69. The van der Waals surface area contributed by atoms with Crippen LogP contribution in [0.1, 0.15) is 44.6 Å². The highest BCUT2D eigenvalue weighted by Crippen LogP contribution is 2.25. The van der Waals surface area contributed by atoms with Gasteiger partial charge in [-0.05, 0) is 49.2 Å². The van der Waals surface area contributed by atoms with E-state index in [0.29, 0.717) is 39.8 Å². The molecule has 2 heterocycles. The first-order valence-electron chi connectivity index (χ1n) is 9.44. The second kappa shape index (κ2) is 9.23. The number of carbonyl (C=O) groups excluding carboxylic acids is 2. The summed E-state index contributed by atoms with van der Waals surface area (Å²) in [5.74, 6) is -0.515. The summed E-state index contributed by atoms with van der Waals surface area (Å²) in [5.41, 5.74) is 8.42. The lowest BCUT2D eigenvalue weighted by Gasteiger charge is -2.15. The van der Waals surface area contributed by atoms with Crippen molar-refractivity contribution in [3.05, 3.63) is 69.6 Å². The van der Waals surface area contributed by atoms with Crippen LogP contribution in [0, 0.1) is 6.92 Å². The average molecular weight is 457 g/mol. The number of carbonyl (C=O) groups is 2. The topological polar surface area (TPSA) is 115 Å². The molecule has 0 saturated heterocycles. The molecule has 0 radical (unpaired) electrons. The van der Waals surface area contributed by atoms with E-state index in [4.69, 9.17) is 29.6 Å². The molecule has 0 aliphatic rings. The van der Waals surface area contributed by atoms with Gasteiger partial charge in [0.15, 0.2) is 5.82 Å². The molecule has 2 amide bonds. The van der Waals surface area contributed by atoms with Crippen LogP contribution in [0.5, 0.6) is 0 Å². The van der Waals surface area contributed by atoms with Crippen LogP contribution in [0.2, 0.25) is 5.02 Å². The van der Waals surface area contributed by atoms with E-state index >= 15 is 0 Å². The number of nitrogens with one attached hydrogen (secondary N) is 2. The van der Waals surface area contributed by atoms with E-state index in [1.807, 2.05) is 6.92 Å². The molecule has 0 spiro atoms. The van der Waals surface area contributed by atoms with Crippen molar-refractivity contribution in [3.8, 4) is 5.82 Å². The molecule has 0 bridgehead atoms. The van der Waals surface area contributed by atoms with E-state index in [9.17, 15) is 9.59 Å². The third-order valence-electron chi connectivity index (χ3n) is 4.62. The van der Waals surface area contributed by atoms with Crippen molar-refractivity contribution in [2.75, 3.05) is 12.4 Å². The van der Waals surface area contributed by atoms with Gasteiger partial charge in [-0.1, -0.05) is 30.7 Å². The maximum absolute atomic E-state index is 13.3. The zero-order chi connectivity index (χ0) is 22.7. The number of aromatic nitrogens is 3. The number of hydrogen-bond donors (Lipinski definition) is 3. The van der Waals surface area contributed by atoms with Crippen LogP contribution in [0.4, 0.5) is 5.69 Å². The number of amides is 2. The second-order valence-corrected chi connectivity index (χ2v) is 7.56. The first kappa shape index (κ1) is 22.4. The predicted molar refractivity (Wildman–Crippen MR) is 124 cm³/mol. The molecule has 3 aromatic rings. The number of anilines is 1. The Balaban J connectivity index is 2.09. The Morgan fingerprint density at radius 2 is 2.00 bits per heavy atom. The fourth-order valence-corrected chi connectivity index (χ4v) is 3.37. The maximum atomic E-state index is 13.3. The molecule has 0 unspecified atom stereocenters. The molecule has 160 valence electrons. The third-order valence-corrected chi connectivity index (χ3v) is 5.16. The molecule has 10 heteroatoms. The van der Waals surface area contributed by atoms with Crippen molar-refractivity contribution in [2.24, 2.45) is 5.73 Å². The standard InChI is InChI=1S/C21H21ClN6O2S/c1-4-13-10-16(28(27-13)19-15(22)6-5-7-25-19)21(30)26-17-11(2)8-12(18(23)31)9-14(17)20(29)24-3/h5-10H,4H2,1-3H3,(H2,23,31)(H,24,29)(H,26,30). The number of nitrogens with two attached hydrogens (primary N) is 1. The minimum Gasteiger partial charge on any atom is -0.389 e. The van der Waals surface area contributed by atoms with Crippen LogP contribution >= 0.6 is 23.8 Å². The number of benzene rings is 1. The SMILES string of the molecule is CCc1cc(C(=O)Nc2c(C)cc(C(N)=S)cc2C(=O)NC)n(-c2ncccc2Cl)n1. The third kappa shape index (κ3) is 4.57. The van der Waals surface area contributed by atoms with Crippen molar-refractivity contribution in [2.45, 2.75) is 20.3 Å². The molecular formula is C21H21ClN6O2S. The fraction of sp³-hybridized carbons (Fsp3) is 0.190. The Morgan fingerprint density at radius 1 is 1.26 bits per heavy atom. The summed E-state index contributed by atoms with van der Waals surface area (Å²) in [5, 5.41) is 10.2. The molecule has 3 rings (SSSR count). The van der Waals surface area contributed by atoms with Crippen molar-refractivity contribution < 1.29 is 9.59 Å². The van der Waals surface area contributed by atoms with Crippen molar-refractivity contribution in [1.29, 1.82) is 0 Å². The molecule has 2 aromatic heterocycles. The molecule has 0 aliphatic heterocycles. The Hall–Kier alpha value is -3.30. The first-order valence-corrected chi connectivity index (χ1v) is 10.2. The van der Waals surface area contributed by atoms with Crippen molar-refractivity contribution in [1.82, 2.24) is 20.1 Å². The highest BCUT2D eigenvalue weighted by Gasteiger charge is 2.22. The molecule has 4 N–H and O–H groups in total. The van der Waals surface area contributed by atoms with Gasteiger partial charge >= 0.3 is 0 Å². The van der Waals surface area contributed by atoms with Gasteiger partial charge in [-0.25, -0.2) is 9.67 Å². The minimum absolute atomic E-state index is 0.154. The highest BCUT2D eigenvalue weighted by molar-refractivity contribution is 7.80. The fourth-order valence-electron chi connectivity index (χ4n) is 3.05. The highest BCUT2D eigenvalue weighted by atomic mass is 35.5. The Bertz CT molecular complexity index is 1190. The number of aryl methyl sites for hydroxylation is 2. The largest absolute Gasteiger partial charge is 0.389 e. The Labute approximate surface area is 189 Å². The lowest BCUT2D eigenvalue weighted by molar-refractivity contribution is 0.0964. The molecule has 0 saturated carbocycles. The van der Waals surface area contributed by atoms with Gasteiger partial charge < -0.3 is 16.4 Å². The monoisotopic (exact) mass is 456 g/mol. The van der Waals surface area contributed by atoms with E-state index in [1.165, 1.54) is 11.7 Å². The normalized spacial score (nSPS) is 10.6. The van der Waals surface area contributed by atoms with E-state index in [1.54, 1.807) is 43.5 Å². The van der Waals surface area contributed by atoms with Crippen LogP contribution in [-0.2, 0) is 6.42 Å². The van der Waals surface area contributed by atoms with Gasteiger partial charge in [0.05, 0.1) is 22.0 Å². The van der Waals surface area contributed by atoms with Gasteiger partial charge in [-0.15, -0.1) is 0 Å². The van der Waals surface area contributed by atoms with Gasteiger partial charge in [-0.2, -0.15) is 5.10 Å². The molecule has 1 aromatic carbocycles. The van der Waals surface area contributed by atoms with Crippen LogP contribution in [-0.4, -0.2) is 38.6 Å². The van der Waals surface area contributed by atoms with E-state index in [2.05, 4.69) is 20.7 Å². The van der Waals surface area contributed by atoms with Crippen LogP contribution in [0.15, 0.2) is 36.5 Å². The second-order valence-electron chi connectivity index (χ2n) is 6.71. The van der Waals surface area contributed by atoms with Crippen molar-refractivity contribution in [3.63, 3.8) is 0 Å². The molecular weight excluding hydrogens is 436 g/mol. The van der Waals surface area contributed by atoms with Crippen LogP contribution < -0.4 is 16.4 Å². The number of halogens is 1. The average Bonchev–Trinajstić information content (AvgIpc) is 3.19. The summed E-state index contributed by atoms with van der Waals surface area (Å²) in [6.07, 6.45) is 2.18. The lowest BCUT2D eigenvalue weighted by Crippen LogP contribution is -2.24. The molecule has 0 fully saturated rings. The maximum Gasteiger partial charge on any atom is 0.274 e. The Morgan fingerprint density at radius 3 is 2.61 bits per heavy atom. The summed E-state index contributed by atoms with van der Waals surface area (Å²) in [7, 11) is 1.50. The minimum atomic E-state index is -0.467. The number of rotatable bonds is 6. The lowest BCUT2D eigenvalue weighted by atomic mass is 10.0. The smallest absolute Gasteiger partial charge is 0.274 e. The molecule has 0 atom stereocenters. The molecule has 0 aliphatic carbocycles. The number of nitrogens with zero attached hydrogens (tertiary/aromatic N) is 3. The summed E-state index contributed by atoms with van der Waals surface area (Å²) < 4.78 is 1.40. The summed E-state index contributed by atoms with van der Waals surface area (Å²) in [4.78, 5) is 30.1. The Kier molecular flexibility index (Phi) is 6.67. The van der Waals surface area contributed by atoms with E-state index in [0.717, 1.165) is 0 Å². The van der Waals surface area contributed by atoms with Gasteiger partial charge in [-0.3, -0.25) is 9.59 Å². The van der Waals surface area contributed by atoms with Crippen molar-refractivity contribution >= 4 is 46.3 Å². The van der Waals surface area contributed by atoms with Gasteiger partial charge in [0, 0.05) is 18.8 Å². The quantitative estimate of drug-likeness (QED) is 0.491. The zero-order valence-electron chi connectivity index (χ0n) is 17.2. The van der Waals surface area contributed by atoms with Crippen LogP contribution in [0.25, 0.3) is 5.82 Å². The van der Waals surface area contributed by atoms with Gasteiger partial charge in [0.1, 0.15) is 10.7 Å². The van der Waals surface area contributed by atoms with Gasteiger partial charge in [0.25, 0.3) is 11.8 Å². The molecule has 31 heavy (non-hydrogen) atoms. The zero-order valence-corrected chi connectivity index (χ0v) is 18.8. The first-order chi connectivity index (χ1) is 14.8. The number of hydrogen-bond acceptors (Lipinski definition) is 5. The number of thiocarbonyl (C=S) groups is 1. The number of pyridine rings is 1. The van der Waals surface area contributed by atoms with E-state index in [-0.39, 0.29) is 22.2 Å².